The molecule has 2 aromatic rings. The second-order valence-electron chi connectivity index (χ2n) is 9.33. The van der Waals surface area contributed by atoms with E-state index in [1.54, 1.807) is 12.1 Å². The number of hydrogen-bond acceptors (Lipinski definition) is 9. The molecule has 234 valence electrons. The largest absolute Gasteiger partial charge is 1.00 e. The third kappa shape index (κ3) is 17.1. The number of aryl methyl sites for hydroxylation is 1. The molecule has 1 aliphatic rings. The van der Waals surface area contributed by atoms with Crippen LogP contribution < -0.4 is 53.5 Å². The number of aromatic nitrogens is 2. The van der Waals surface area contributed by atoms with Gasteiger partial charge in [-0.05, 0) is 43.9 Å². The fourth-order valence-corrected chi connectivity index (χ4v) is 4.11. The summed E-state index contributed by atoms with van der Waals surface area (Å²) in [6.07, 6.45) is 0.604. The van der Waals surface area contributed by atoms with Crippen LogP contribution in [0.5, 0.6) is 0 Å². The molecular formula is C28H42F3Li2N7O2S-4. The molecule has 0 spiro atoms. The summed E-state index contributed by atoms with van der Waals surface area (Å²) in [4.78, 5) is 12.6. The molecule has 1 fully saturated rings. The van der Waals surface area contributed by atoms with Crippen LogP contribution in [0.3, 0.4) is 0 Å². The van der Waals surface area contributed by atoms with Crippen molar-refractivity contribution in [2.45, 2.75) is 57.3 Å². The summed E-state index contributed by atoms with van der Waals surface area (Å²) < 4.78 is 57.1. The fraction of sp³-hybridized carbons (Fsp3) is 0.500. The predicted octanol–water partition coefficient (Wildman–Crippen LogP) is -0.941. The van der Waals surface area contributed by atoms with Crippen molar-refractivity contribution < 1.29 is 59.3 Å². The van der Waals surface area contributed by atoms with E-state index in [0.717, 1.165) is 43.0 Å². The third-order valence-corrected chi connectivity index (χ3v) is 6.34. The number of rotatable bonds is 10. The van der Waals surface area contributed by atoms with Gasteiger partial charge in [0.15, 0.2) is 0 Å². The van der Waals surface area contributed by atoms with Gasteiger partial charge in [-0.15, -0.1) is 30.8 Å². The van der Waals surface area contributed by atoms with Gasteiger partial charge in [0, 0.05) is 12.2 Å². The molecule has 0 bridgehead atoms. The smallest absolute Gasteiger partial charge is 0.409 e. The maximum atomic E-state index is 13.2. The van der Waals surface area contributed by atoms with Crippen molar-refractivity contribution in [3.63, 3.8) is 0 Å². The first-order chi connectivity index (χ1) is 19.4. The number of alkyl halides is 3. The summed E-state index contributed by atoms with van der Waals surface area (Å²) in [5, 5.41) is 9.70. The Bertz CT molecular complexity index is 1090. The van der Waals surface area contributed by atoms with E-state index in [0.29, 0.717) is 12.8 Å². The van der Waals surface area contributed by atoms with E-state index in [9.17, 15) is 13.2 Å². The Balaban J connectivity index is 0. The van der Waals surface area contributed by atoms with Crippen molar-refractivity contribution in [3.8, 4) is 0 Å². The van der Waals surface area contributed by atoms with Gasteiger partial charge in [-0.25, -0.2) is 4.98 Å². The van der Waals surface area contributed by atoms with Gasteiger partial charge in [0.25, 0.3) is 0 Å². The molecule has 1 aromatic heterocycles. The topological polar surface area (TPSA) is 116 Å². The molecule has 43 heavy (non-hydrogen) atoms. The minimum atomic E-state index is -4.55. The molecule has 1 unspecified atom stereocenters. The summed E-state index contributed by atoms with van der Waals surface area (Å²) in [5.41, 5.74) is 0.774. The van der Waals surface area contributed by atoms with E-state index in [-0.39, 0.29) is 49.5 Å². The van der Waals surface area contributed by atoms with Crippen LogP contribution in [0.15, 0.2) is 24.4 Å². The Kier molecular flexibility index (Phi) is 23.6. The number of nitrogens with two attached hydrogens (primary N) is 1. The number of anilines is 3. The van der Waals surface area contributed by atoms with E-state index in [1.165, 1.54) is 25.9 Å². The monoisotopic (exact) mass is 611 g/mol. The maximum absolute atomic E-state index is 13.2. The van der Waals surface area contributed by atoms with Crippen LogP contribution in [0, 0.1) is 33.8 Å². The second kappa shape index (κ2) is 23.1. The van der Waals surface area contributed by atoms with Crippen molar-refractivity contribution in [2.75, 3.05) is 43.9 Å². The standard InChI is InChI=1S/C18H20F3N4.C10H20N2.2Li.H2NO2S/c1-4-8-12(3)23-16-14(18(19,20)21)11-22-17(25-16)24-15-10-7-6-9-13(15)5-2;1-4-12(5-2)10-6-8-11(3)9-7-10;;;1-4(2)3/h7,9-12H,1,3-5,8H2,2H3,(H2,22,23,24,25);10H,1-2,4-9H2,3H3;;;(H2,1,2,3)/q-3;-2;2*+1;-1. The summed E-state index contributed by atoms with van der Waals surface area (Å²) in [6, 6.07) is 8.57. The SMILES string of the molecule is N[S-](=O)=O.[CH2-]CCC([CH2-])Nc1nc(Nc2cc[c-]cc2CC)ncc1C(F)(F)F.[CH2-]CN(C[CH2-])C1CCN(C)CC1.[Li+].[Li+]. The van der Waals surface area contributed by atoms with Crippen molar-refractivity contribution in [3.05, 3.63) is 69.3 Å². The van der Waals surface area contributed by atoms with Gasteiger partial charge in [-0.1, -0.05) is 25.5 Å². The first kappa shape index (κ1) is 43.8. The number of nitrogens with zero attached hydrogens (tertiary/aromatic N) is 4. The van der Waals surface area contributed by atoms with E-state index < -0.39 is 28.7 Å². The zero-order chi connectivity index (χ0) is 31.0. The second-order valence-corrected chi connectivity index (χ2v) is 9.85. The Morgan fingerprint density at radius 1 is 1.21 bits per heavy atom. The molecule has 1 aromatic carbocycles. The van der Waals surface area contributed by atoms with Crippen molar-refractivity contribution in [1.29, 1.82) is 0 Å². The van der Waals surface area contributed by atoms with Crippen molar-refractivity contribution in [2.24, 2.45) is 5.14 Å². The molecule has 0 radical (unpaired) electrons. The summed E-state index contributed by atoms with van der Waals surface area (Å²) >= 11 is 0. The van der Waals surface area contributed by atoms with Crippen molar-refractivity contribution in [1.82, 2.24) is 19.8 Å². The van der Waals surface area contributed by atoms with Crippen LogP contribution in [-0.2, 0) is 31.9 Å². The van der Waals surface area contributed by atoms with Gasteiger partial charge in [0.2, 0.25) is 5.95 Å². The first-order valence-electron chi connectivity index (χ1n) is 13.3. The minimum absolute atomic E-state index is 0. The molecule has 0 saturated carbocycles. The Hall–Kier alpha value is -1.29. The first-order valence-corrected chi connectivity index (χ1v) is 14.4. The quantitative estimate of drug-likeness (QED) is 0.179. The van der Waals surface area contributed by atoms with Crippen LogP contribution in [0.2, 0.25) is 0 Å². The van der Waals surface area contributed by atoms with Gasteiger partial charge in [-0.2, -0.15) is 42.8 Å². The van der Waals surface area contributed by atoms with Gasteiger partial charge < -0.3 is 61.7 Å². The summed E-state index contributed by atoms with van der Waals surface area (Å²) in [6.45, 7) is 21.5. The molecule has 9 nitrogen and oxygen atoms in total. The fourth-order valence-electron chi connectivity index (χ4n) is 4.11. The number of nitrogens with one attached hydrogen (secondary N) is 2. The van der Waals surface area contributed by atoms with E-state index in [2.05, 4.69) is 76.3 Å². The summed E-state index contributed by atoms with van der Waals surface area (Å²) in [7, 11) is -0.172. The summed E-state index contributed by atoms with van der Waals surface area (Å²) in [5.74, 6) is -0.211. The van der Waals surface area contributed by atoms with Gasteiger partial charge in [0.05, 0.1) is 0 Å². The Morgan fingerprint density at radius 3 is 2.28 bits per heavy atom. The minimum Gasteiger partial charge on any atom is -0.409 e. The average molecular weight is 612 g/mol. The van der Waals surface area contributed by atoms with Gasteiger partial charge in [-0.3, -0.25) is 0 Å². The number of piperidine rings is 1. The zero-order valence-electron chi connectivity index (χ0n) is 25.9. The van der Waals surface area contributed by atoms with Gasteiger partial charge >= 0.3 is 43.9 Å². The molecule has 1 atom stereocenters. The molecule has 3 rings (SSSR count). The Morgan fingerprint density at radius 2 is 1.79 bits per heavy atom. The molecule has 2 heterocycles. The molecule has 4 N–H and O–H groups in total. The van der Waals surface area contributed by atoms with Crippen LogP contribution in [0.4, 0.5) is 30.6 Å². The van der Waals surface area contributed by atoms with Crippen LogP contribution in [0.25, 0.3) is 0 Å². The number of benzene rings is 1. The van der Waals surface area contributed by atoms with E-state index in [4.69, 9.17) is 8.42 Å². The molecule has 1 aliphatic heterocycles. The average Bonchev–Trinajstić information content (AvgIpc) is 2.90. The number of hydrogen-bond donors (Lipinski definition) is 3. The Labute approximate surface area is 281 Å². The van der Waals surface area contributed by atoms with Crippen LogP contribution >= 0.6 is 0 Å². The molecule has 0 amide bonds. The van der Waals surface area contributed by atoms with E-state index >= 15 is 0 Å². The van der Waals surface area contributed by atoms with Gasteiger partial charge in [0.1, 0.15) is 11.4 Å². The number of halogens is 3. The zero-order valence-corrected chi connectivity index (χ0v) is 26.7. The maximum Gasteiger partial charge on any atom is 1.00 e. The molecule has 15 heteroatoms. The van der Waals surface area contributed by atoms with E-state index in [1.807, 2.05) is 13.0 Å². The van der Waals surface area contributed by atoms with Crippen molar-refractivity contribution >= 4 is 28.3 Å². The molecular weight excluding hydrogens is 569 g/mol. The normalized spacial score (nSPS) is 14.3. The van der Waals surface area contributed by atoms with Crippen LogP contribution in [-0.4, -0.2) is 65.1 Å². The third-order valence-electron chi connectivity index (χ3n) is 6.34. The van der Waals surface area contributed by atoms with Crippen LogP contribution in [0.1, 0.15) is 43.7 Å². The predicted molar refractivity (Wildman–Crippen MR) is 158 cm³/mol. The molecule has 0 aliphatic carbocycles. The molecule has 1 saturated heterocycles. The number of likely N-dealkylation sites (tertiary alicyclic amines) is 1.